The van der Waals surface area contributed by atoms with Crippen molar-refractivity contribution in [3.63, 3.8) is 0 Å². The highest BCUT2D eigenvalue weighted by Crippen LogP contribution is 2.36. The molecule has 0 saturated carbocycles. The molecule has 0 aliphatic carbocycles. The number of hydrogen-bond donors (Lipinski definition) is 2. The number of anilines is 1. The van der Waals surface area contributed by atoms with Crippen molar-refractivity contribution in [3.05, 3.63) is 88.5 Å². The van der Waals surface area contributed by atoms with E-state index in [9.17, 15) is 20.0 Å². The first-order chi connectivity index (χ1) is 24.3. The molecule has 2 amide bonds. The summed E-state index contributed by atoms with van der Waals surface area (Å²) >= 11 is 0. The Balaban J connectivity index is 1.21. The average Bonchev–Trinajstić information content (AvgIpc) is 3.55. The van der Waals surface area contributed by atoms with Gasteiger partial charge in [0.15, 0.2) is 6.10 Å². The van der Waals surface area contributed by atoms with Gasteiger partial charge in [-0.15, -0.1) is 0 Å². The maximum Gasteiger partial charge on any atom is 0.404 e. The molecule has 1 aromatic heterocycles. The molecule has 0 bridgehead atoms. The molecule has 4 heterocycles. The molecule has 0 radical (unpaired) electrons. The van der Waals surface area contributed by atoms with Gasteiger partial charge in [-0.25, -0.2) is 4.79 Å². The third kappa shape index (κ3) is 8.35. The highest BCUT2D eigenvalue weighted by molar-refractivity contribution is 5.83. The van der Waals surface area contributed by atoms with Crippen LogP contribution in [0.2, 0.25) is 0 Å². The van der Waals surface area contributed by atoms with Crippen molar-refractivity contribution >= 4 is 17.8 Å². The highest BCUT2D eigenvalue weighted by atomic mass is 16.5. The lowest BCUT2D eigenvalue weighted by atomic mass is 9.95. The van der Waals surface area contributed by atoms with Gasteiger partial charge in [-0.05, 0) is 56.5 Å². The lowest BCUT2D eigenvalue weighted by molar-refractivity contribution is -0.146. The molecular weight excluding hydrogens is 634 g/mol. The molecule has 12 nitrogen and oxygen atoms in total. The Morgan fingerprint density at radius 1 is 1.00 bits per heavy atom. The van der Waals surface area contributed by atoms with Gasteiger partial charge in [-0.1, -0.05) is 60.7 Å². The minimum atomic E-state index is -1.21. The molecule has 2 saturated heterocycles. The van der Waals surface area contributed by atoms with Crippen molar-refractivity contribution in [1.82, 2.24) is 25.0 Å². The lowest BCUT2D eigenvalue weighted by Crippen LogP contribution is -2.56. The number of amides is 2. The second-order valence-corrected chi connectivity index (χ2v) is 13.5. The molecule has 6 rings (SSSR count). The predicted octanol–water partition coefficient (Wildman–Crippen LogP) is 3.87. The molecule has 50 heavy (non-hydrogen) atoms. The summed E-state index contributed by atoms with van der Waals surface area (Å²) in [5.41, 5.74) is 4.67. The van der Waals surface area contributed by atoms with E-state index in [1.165, 1.54) is 5.56 Å². The largest absolute Gasteiger partial charge is 0.475 e. The number of fused-ring (bicyclic) bond motifs is 1. The van der Waals surface area contributed by atoms with Gasteiger partial charge in [0, 0.05) is 57.4 Å². The second kappa shape index (κ2) is 16.3. The van der Waals surface area contributed by atoms with E-state index in [2.05, 4.69) is 45.3 Å². The number of ether oxygens (including phenoxy) is 2. The summed E-state index contributed by atoms with van der Waals surface area (Å²) in [6.45, 7) is 7.48. The summed E-state index contributed by atoms with van der Waals surface area (Å²) in [4.78, 5) is 39.0. The van der Waals surface area contributed by atoms with Gasteiger partial charge in [0.25, 0.3) is 5.91 Å². The number of hydrogen-bond acceptors (Lipinski definition) is 9. The van der Waals surface area contributed by atoms with E-state index in [0.29, 0.717) is 50.8 Å². The normalized spacial score (nSPS) is 19.3. The number of rotatable bonds is 12. The zero-order valence-electron chi connectivity index (χ0n) is 29.0. The SMILES string of the molecule is C[C@H](NC(=O)O)[C@@H](OCc1ccccc1)C(=O)N1CCN(c2nc(OC[C@@H]3CCCN3C)c(C#N)c3c2CCN(Cc2ccccc2)C3)CC1. The molecule has 3 atom stereocenters. The van der Waals surface area contributed by atoms with Gasteiger partial charge >= 0.3 is 6.09 Å². The standard InChI is InChI=1S/C38H47N7O5/c1-27(40-38(47)48)34(49-25-29-12-7-4-8-13-29)37(46)45-20-18-44(19-21-45)35-31-15-17-43(23-28-10-5-3-6-11-28)24-33(31)32(22-39)36(41-35)50-26-30-14-9-16-42(30)2/h3-8,10-13,27,30,34,40H,9,14-21,23-26H2,1-2H3,(H,47,48)/t27-,30-,34+/m0/s1. The quantitative estimate of drug-likeness (QED) is 0.290. The van der Waals surface area contributed by atoms with Crippen LogP contribution in [-0.4, -0.2) is 108 Å². The molecule has 2 aromatic carbocycles. The van der Waals surface area contributed by atoms with Gasteiger partial charge < -0.3 is 34.6 Å². The number of nitrogens with zero attached hydrogens (tertiary/aromatic N) is 6. The van der Waals surface area contributed by atoms with Crippen LogP contribution >= 0.6 is 0 Å². The number of carbonyl (C=O) groups is 2. The molecule has 2 fully saturated rings. The fourth-order valence-electron chi connectivity index (χ4n) is 7.25. The number of carbonyl (C=O) groups excluding carboxylic acids is 1. The predicted molar refractivity (Wildman–Crippen MR) is 189 cm³/mol. The van der Waals surface area contributed by atoms with Crippen LogP contribution in [0.1, 0.15) is 47.6 Å². The van der Waals surface area contributed by atoms with E-state index >= 15 is 0 Å². The highest BCUT2D eigenvalue weighted by Gasteiger charge is 2.35. The first kappa shape index (κ1) is 35.1. The minimum absolute atomic E-state index is 0.185. The summed E-state index contributed by atoms with van der Waals surface area (Å²) in [7, 11) is 2.11. The third-order valence-corrected chi connectivity index (χ3v) is 10.1. The number of likely N-dealkylation sites (N-methyl/N-ethyl adjacent to an activating group) is 1. The van der Waals surface area contributed by atoms with Crippen LogP contribution < -0.4 is 15.0 Å². The number of likely N-dealkylation sites (tertiary alicyclic amines) is 1. The summed E-state index contributed by atoms with van der Waals surface area (Å²) in [6, 6.07) is 21.9. The minimum Gasteiger partial charge on any atom is -0.475 e. The molecule has 0 unspecified atom stereocenters. The number of benzene rings is 2. The number of pyridine rings is 1. The Kier molecular flexibility index (Phi) is 11.5. The Morgan fingerprint density at radius 2 is 1.70 bits per heavy atom. The van der Waals surface area contributed by atoms with E-state index in [0.717, 1.165) is 61.4 Å². The molecule has 0 spiro atoms. The first-order valence-electron chi connectivity index (χ1n) is 17.5. The van der Waals surface area contributed by atoms with Crippen LogP contribution in [0.3, 0.4) is 0 Å². The summed E-state index contributed by atoms with van der Waals surface area (Å²) in [6.07, 6.45) is 0.730. The van der Waals surface area contributed by atoms with Crippen LogP contribution in [0.15, 0.2) is 60.7 Å². The first-order valence-corrected chi connectivity index (χ1v) is 17.5. The average molecular weight is 682 g/mol. The van der Waals surface area contributed by atoms with Gasteiger partial charge in [-0.3, -0.25) is 9.69 Å². The van der Waals surface area contributed by atoms with Crippen molar-refractivity contribution in [2.45, 2.75) is 64.1 Å². The Morgan fingerprint density at radius 3 is 2.34 bits per heavy atom. The van der Waals surface area contributed by atoms with Crippen LogP contribution in [-0.2, 0) is 35.6 Å². The zero-order valence-corrected chi connectivity index (χ0v) is 29.0. The van der Waals surface area contributed by atoms with Crippen LogP contribution in [0.5, 0.6) is 5.88 Å². The van der Waals surface area contributed by atoms with E-state index in [1.807, 2.05) is 48.5 Å². The monoisotopic (exact) mass is 681 g/mol. The zero-order chi connectivity index (χ0) is 35.0. The molecule has 3 aliphatic heterocycles. The Hall–Kier alpha value is -4.70. The molecule has 264 valence electrons. The van der Waals surface area contributed by atoms with E-state index in [4.69, 9.17) is 14.5 Å². The van der Waals surface area contributed by atoms with Crippen LogP contribution in [0.25, 0.3) is 0 Å². The fourth-order valence-corrected chi connectivity index (χ4v) is 7.25. The second-order valence-electron chi connectivity index (χ2n) is 13.5. The van der Waals surface area contributed by atoms with Gasteiger partial charge in [0.1, 0.15) is 24.1 Å². The molecule has 3 aliphatic rings. The van der Waals surface area contributed by atoms with Crippen molar-refractivity contribution in [2.24, 2.45) is 0 Å². The third-order valence-electron chi connectivity index (χ3n) is 10.1. The molecule has 3 aromatic rings. The number of piperazine rings is 1. The Bertz CT molecular complexity index is 1660. The maximum atomic E-state index is 13.8. The lowest BCUT2D eigenvalue weighted by Gasteiger charge is -2.40. The molecule has 12 heteroatoms. The smallest absolute Gasteiger partial charge is 0.404 e. The fraction of sp³-hybridized carbons (Fsp3) is 0.474. The summed E-state index contributed by atoms with van der Waals surface area (Å²) < 4.78 is 12.5. The van der Waals surface area contributed by atoms with E-state index < -0.39 is 18.2 Å². The topological polar surface area (TPSA) is 134 Å². The number of nitriles is 1. The van der Waals surface area contributed by atoms with Gasteiger partial charge in [0.05, 0.1) is 12.6 Å². The molecular formula is C38H47N7O5. The van der Waals surface area contributed by atoms with Crippen LogP contribution in [0, 0.1) is 11.3 Å². The van der Waals surface area contributed by atoms with Crippen molar-refractivity contribution in [1.29, 1.82) is 5.26 Å². The van der Waals surface area contributed by atoms with Crippen molar-refractivity contribution in [3.8, 4) is 11.9 Å². The van der Waals surface area contributed by atoms with Crippen molar-refractivity contribution < 1.29 is 24.2 Å². The summed E-state index contributed by atoms with van der Waals surface area (Å²) in [5, 5.41) is 22.3. The van der Waals surface area contributed by atoms with E-state index in [-0.39, 0.29) is 18.6 Å². The number of carboxylic acid groups (broad SMARTS) is 1. The Labute approximate surface area is 294 Å². The van der Waals surface area contributed by atoms with Gasteiger partial charge in [-0.2, -0.15) is 10.2 Å². The number of aromatic nitrogens is 1. The van der Waals surface area contributed by atoms with E-state index in [1.54, 1.807) is 11.8 Å². The summed E-state index contributed by atoms with van der Waals surface area (Å²) in [5.74, 6) is 0.945. The van der Waals surface area contributed by atoms with Gasteiger partial charge in [0.2, 0.25) is 5.88 Å². The maximum absolute atomic E-state index is 13.8. The molecule has 2 N–H and O–H groups in total. The number of nitrogens with one attached hydrogen (secondary N) is 1. The van der Waals surface area contributed by atoms with Crippen molar-refractivity contribution in [2.75, 3.05) is 57.8 Å². The van der Waals surface area contributed by atoms with Crippen LogP contribution in [0.4, 0.5) is 10.6 Å².